The smallest absolute Gasteiger partial charge is 0.261 e. The molecule has 1 amide bonds. The van der Waals surface area contributed by atoms with Crippen LogP contribution in [0.15, 0.2) is 47.4 Å². The number of anilines is 1. The predicted octanol–water partition coefficient (Wildman–Crippen LogP) is 4.17. The van der Waals surface area contributed by atoms with Crippen LogP contribution in [0.1, 0.15) is 36.5 Å². The number of carbonyl (C=O) groups excluding carboxylic acids is 1. The van der Waals surface area contributed by atoms with E-state index in [1.807, 2.05) is 6.92 Å². The number of benzene rings is 2. The zero-order valence-corrected chi connectivity index (χ0v) is 17.2. The van der Waals surface area contributed by atoms with E-state index in [9.17, 15) is 13.2 Å². The molecule has 0 aliphatic carbocycles. The number of piperidine rings is 1. The van der Waals surface area contributed by atoms with Crippen LogP contribution >= 0.6 is 11.6 Å². The second kappa shape index (κ2) is 8.84. The maximum Gasteiger partial charge on any atom is 0.261 e. The van der Waals surface area contributed by atoms with Gasteiger partial charge in [0.05, 0.1) is 22.8 Å². The molecule has 0 radical (unpaired) electrons. The van der Waals surface area contributed by atoms with Crippen molar-refractivity contribution in [2.75, 3.05) is 24.4 Å². The number of likely N-dealkylation sites (tertiary alicyclic amines) is 1. The summed E-state index contributed by atoms with van der Waals surface area (Å²) in [5.41, 5.74) is 0.470. The number of rotatable bonds is 6. The van der Waals surface area contributed by atoms with Crippen molar-refractivity contribution >= 4 is 33.2 Å². The summed E-state index contributed by atoms with van der Waals surface area (Å²) in [6.45, 7) is 3.69. The van der Waals surface area contributed by atoms with Crippen molar-refractivity contribution in [3.8, 4) is 5.75 Å². The SMILES string of the molecule is CCOc1ccc(S(=O)(=O)Nc2cc(Cl)ccc2C(=O)N2CCCCC2)cc1. The van der Waals surface area contributed by atoms with Crippen LogP contribution in [0.4, 0.5) is 5.69 Å². The summed E-state index contributed by atoms with van der Waals surface area (Å²) in [5.74, 6) is 0.394. The molecule has 1 heterocycles. The third-order valence-electron chi connectivity index (χ3n) is 4.54. The zero-order valence-electron chi connectivity index (χ0n) is 15.7. The Bertz CT molecular complexity index is 939. The Morgan fingerprint density at radius 3 is 2.43 bits per heavy atom. The van der Waals surface area contributed by atoms with Gasteiger partial charge in [0.2, 0.25) is 0 Å². The predicted molar refractivity (Wildman–Crippen MR) is 110 cm³/mol. The van der Waals surface area contributed by atoms with E-state index in [-0.39, 0.29) is 16.5 Å². The molecular weight excluding hydrogens is 400 g/mol. The molecule has 1 fully saturated rings. The van der Waals surface area contributed by atoms with Gasteiger partial charge in [-0.15, -0.1) is 0 Å². The molecule has 3 rings (SSSR count). The van der Waals surface area contributed by atoms with Crippen LogP contribution in [-0.4, -0.2) is 38.9 Å². The molecule has 6 nitrogen and oxygen atoms in total. The van der Waals surface area contributed by atoms with Crippen LogP contribution in [0, 0.1) is 0 Å². The van der Waals surface area contributed by atoms with Crippen LogP contribution < -0.4 is 9.46 Å². The number of carbonyl (C=O) groups is 1. The van der Waals surface area contributed by atoms with E-state index in [0.717, 1.165) is 19.3 Å². The molecule has 2 aromatic carbocycles. The Morgan fingerprint density at radius 2 is 1.79 bits per heavy atom. The standard InChI is InChI=1S/C20H23ClN2O4S/c1-2-27-16-7-9-17(10-8-16)28(25,26)22-19-14-15(21)6-11-18(19)20(24)23-12-4-3-5-13-23/h6-11,14,22H,2-5,12-13H2,1H3. The van der Waals surface area contributed by atoms with E-state index >= 15 is 0 Å². The van der Waals surface area contributed by atoms with Crippen LogP contribution in [-0.2, 0) is 10.0 Å². The van der Waals surface area contributed by atoms with Crippen molar-refractivity contribution in [1.82, 2.24) is 4.90 Å². The largest absolute Gasteiger partial charge is 0.494 e. The van der Waals surface area contributed by atoms with E-state index in [0.29, 0.717) is 36.0 Å². The first-order valence-electron chi connectivity index (χ1n) is 9.25. The summed E-state index contributed by atoms with van der Waals surface area (Å²) in [4.78, 5) is 14.7. The van der Waals surface area contributed by atoms with Crippen LogP contribution in [0.25, 0.3) is 0 Å². The number of hydrogen-bond donors (Lipinski definition) is 1. The van der Waals surface area contributed by atoms with Gasteiger partial charge in [0.15, 0.2) is 0 Å². The lowest BCUT2D eigenvalue weighted by molar-refractivity contribution is 0.0725. The van der Waals surface area contributed by atoms with Crippen molar-refractivity contribution in [3.63, 3.8) is 0 Å². The maximum absolute atomic E-state index is 12.9. The van der Waals surface area contributed by atoms with Crippen molar-refractivity contribution in [2.45, 2.75) is 31.1 Å². The van der Waals surface area contributed by atoms with Crippen molar-refractivity contribution in [2.24, 2.45) is 0 Å². The molecule has 0 saturated carbocycles. The summed E-state index contributed by atoms with van der Waals surface area (Å²) in [7, 11) is -3.88. The monoisotopic (exact) mass is 422 g/mol. The number of amides is 1. The van der Waals surface area contributed by atoms with Gasteiger partial charge in [-0.2, -0.15) is 0 Å². The minimum atomic E-state index is -3.88. The van der Waals surface area contributed by atoms with Gasteiger partial charge in [0.1, 0.15) is 5.75 Å². The first-order valence-corrected chi connectivity index (χ1v) is 11.1. The second-order valence-corrected chi connectivity index (χ2v) is 8.67. The third-order valence-corrected chi connectivity index (χ3v) is 6.16. The van der Waals surface area contributed by atoms with Gasteiger partial charge in [-0.1, -0.05) is 11.6 Å². The van der Waals surface area contributed by atoms with Gasteiger partial charge in [-0.05, 0) is 68.7 Å². The fraction of sp³-hybridized carbons (Fsp3) is 0.350. The van der Waals surface area contributed by atoms with E-state index < -0.39 is 10.0 Å². The molecule has 8 heteroatoms. The highest BCUT2D eigenvalue weighted by Crippen LogP contribution is 2.27. The van der Waals surface area contributed by atoms with Gasteiger partial charge in [-0.3, -0.25) is 9.52 Å². The molecule has 2 aromatic rings. The molecule has 0 unspecified atom stereocenters. The average molecular weight is 423 g/mol. The molecule has 0 bridgehead atoms. The number of hydrogen-bond acceptors (Lipinski definition) is 4. The van der Waals surface area contributed by atoms with E-state index in [1.54, 1.807) is 29.2 Å². The van der Waals surface area contributed by atoms with Crippen LogP contribution in [0.2, 0.25) is 5.02 Å². The molecule has 1 N–H and O–H groups in total. The molecule has 0 spiro atoms. The van der Waals surface area contributed by atoms with Crippen molar-refractivity contribution < 1.29 is 17.9 Å². The van der Waals surface area contributed by atoms with Crippen LogP contribution in [0.5, 0.6) is 5.75 Å². The van der Waals surface area contributed by atoms with Gasteiger partial charge < -0.3 is 9.64 Å². The first kappa shape index (κ1) is 20.5. The molecule has 0 aromatic heterocycles. The Kier molecular flexibility index (Phi) is 6.46. The minimum absolute atomic E-state index is 0.0762. The van der Waals surface area contributed by atoms with Crippen LogP contribution in [0.3, 0.4) is 0 Å². The van der Waals surface area contributed by atoms with Gasteiger partial charge >= 0.3 is 0 Å². The maximum atomic E-state index is 12.9. The summed E-state index contributed by atoms with van der Waals surface area (Å²) < 4.78 is 33.5. The lowest BCUT2D eigenvalue weighted by Crippen LogP contribution is -2.36. The zero-order chi connectivity index (χ0) is 20.1. The quantitative estimate of drug-likeness (QED) is 0.758. The number of sulfonamides is 1. The first-order chi connectivity index (χ1) is 13.4. The number of nitrogens with zero attached hydrogens (tertiary/aromatic N) is 1. The topological polar surface area (TPSA) is 75.7 Å². The summed E-state index contributed by atoms with van der Waals surface area (Å²) in [6, 6.07) is 10.7. The van der Waals surface area contributed by atoms with E-state index in [1.165, 1.54) is 18.2 Å². The summed E-state index contributed by atoms with van der Waals surface area (Å²) in [6.07, 6.45) is 3.00. The lowest BCUT2D eigenvalue weighted by atomic mass is 10.1. The average Bonchev–Trinajstić information content (AvgIpc) is 2.69. The third kappa shape index (κ3) is 4.77. The molecule has 1 saturated heterocycles. The number of nitrogens with one attached hydrogen (secondary N) is 1. The second-order valence-electron chi connectivity index (χ2n) is 6.55. The fourth-order valence-corrected chi connectivity index (χ4v) is 4.38. The molecular formula is C20H23ClN2O4S. The highest BCUT2D eigenvalue weighted by Gasteiger charge is 2.23. The van der Waals surface area contributed by atoms with Gasteiger partial charge in [0.25, 0.3) is 15.9 Å². The molecule has 0 atom stereocenters. The Morgan fingerprint density at radius 1 is 1.11 bits per heavy atom. The molecule has 1 aliphatic heterocycles. The number of halogens is 1. The summed E-state index contributed by atoms with van der Waals surface area (Å²) >= 11 is 6.06. The van der Waals surface area contributed by atoms with Gasteiger partial charge in [0, 0.05) is 18.1 Å². The Balaban J connectivity index is 1.88. The molecule has 28 heavy (non-hydrogen) atoms. The van der Waals surface area contributed by atoms with E-state index in [2.05, 4.69) is 4.72 Å². The lowest BCUT2D eigenvalue weighted by Gasteiger charge is -2.27. The fourth-order valence-electron chi connectivity index (χ4n) is 3.14. The summed E-state index contributed by atoms with van der Waals surface area (Å²) in [5, 5.41) is 0.347. The normalized spacial score (nSPS) is 14.6. The van der Waals surface area contributed by atoms with Gasteiger partial charge in [-0.25, -0.2) is 8.42 Å². The minimum Gasteiger partial charge on any atom is -0.494 e. The Hall–Kier alpha value is -2.25. The van der Waals surface area contributed by atoms with E-state index in [4.69, 9.17) is 16.3 Å². The Labute approximate surface area is 170 Å². The number of ether oxygens (including phenoxy) is 1. The molecule has 1 aliphatic rings. The highest BCUT2D eigenvalue weighted by atomic mass is 35.5. The highest BCUT2D eigenvalue weighted by molar-refractivity contribution is 7.92. The molecule has 150 valence electrons. The van der Waals surface area contributed by atoms with Crippen molar-refractivity contribution in [1.29, 1.82) is 0 Å². The van der Waals surface area contributed by atoms with Crippen molar-refractivity contribution in [3.05, 3.63) is 53.1 Å².